The van der Waals surface area contributed by atoms with Gasteiger partial charge in [0.05, 0.1) is 16.7 Å². The number of nitrogens with two attached hydrogens (primary N) is 1. The van der Waals surface area contributed by atoms with Gasteiger partial charge in [-0.15, -0.1) is 0 Å². The van der Waals surface area contributed by atoms with E-state index in [4.69, 9.17) is 10.8 Å². The number of hydrogen-bond donors (Lipinski definition) is 2. The van der Waals surface area contributed by atoms with Crippen molar-refractivity contribution in [2.75, 3.05) is 5.73 Å². The van der Waals surface area contributed by atoms with Gasteiger partial charge in [0.25, 0.3) is 0 Å². The smallest absolute Gasteiger partial charge is 0.303 e. The molecule has 0 aliphatic carbocycles. The fourth-order valence-corrected chi connectivity index (χ4v) is 2.50. The average Bonchev–Trinajstić information content (AvgIpc) is 2.45. The normalized spacial score (nSPS) is 11.0. The van der Waals surface area contributed by atoms with Crippen molar-refractivity contribution in [2.45, 2.75) is 12.8 Å². The Bertz CT molecular complexity index is 812. The molecule has 0 amide bonds. The van der Waals surface area contributed by atoms with Crippen LogP contribution < -0.4 is 5.73 Å². The van der Waals surface area contributed by atoms with Crippen molar-refractivity contribution >= 4 is 33.5 Å². The molecule has 3 N–H and O–H groups in total. The topological polar surface area (TPSA) is 76.2 Å². The highest BCUT2D eigenvalue weighted by Crippen LogP contribution is 2.31. The van der Waals surface area contributed by atoms with E-state index in [0.717, 1.165) is 27.4 Å². The second kappa shape index (κ2) is 4.81. The zero-order valence-electron chi connectivity index (χ0n) is 10.8. The number of carboxylic acid groups (broad SMARTS) is 1. The molecule has 1 aromatic heterocycles. The molecule has 0 atom stereocenters. The second-order valence-electron chi connectivity index (χ2n) is 4.75. The first-order chi connectivity index (χ1) is 9.66. The van der Waals surface area contributed by atoms with Crippen molar-refractivity contribution in [3.63, 3.8) is 0 Å². The van der Waals surface area contributed by atoms with E-state index in [9.17, 15) is 4.79 Å². The molecule has 20 heavy (non-hydrogen) atoms. The van der Waals surface area contributed by atoms with Crippen LogP contribution in [0, 0.1) is 0 Å². The van der Waals surface area contributed by atoms with Crippen molar-refractivity contribution in [3.05, 3.63) is 48.0 Å². The third-order valence-corrected chi connectivity index (χ3v) is 3.44. The fraction of sp³-hybridized carbons (Fsp3) is 0.125. The molecular weight excluding hydrogens is 252 g/mol. The molecule has 0 saturated heterocycles. The van der Waals surface area contributed by atoms with E-state index < -0.39 is 5.97 Å². The van der Waals surface area contributed by atoms with Crippen LogP contribution in [0.3, 0.4) is 0 Å². The van der Waals surface area contributed by atoms with E-state index in [1.807, 2.05) is 42.5 Å². The summed E-state index contributed by atoms with van der Waals surface area (Å²) in [5.41, 5.74) is 9.54. The first-order valence-electron chi connectivity index (χ1n) is 6.44. The van der Waals surface area contributed by atoms with Gasteiger partial charge in [0, 0.05) is 17.2 Å². The van der Waals surface area contributed by atoms with Gasteiger partial charge in [0.2, 0.25) is 0 Å². The van der Waals surface area contributed by atoms with Crippen LogP contribution in [0.5, 0.6) is 0 Å². The van der Waals surface area contributed by atoms with E-state index in [1.165, 1.54) is 0 Å². The number of nitrogens with zero attached hydrogens (tertiary/aromatic N) is 1. The van der Waals surface area contributed by atoms with Crippen molar-refractivity contribution in [1.82, 2.24) is 4.98 Å². The SMILES string of the molecule is Nc1c2ccccc2nc2cccc(CCC(=O)O)c12. The molecule has 100 valence electrons. The molecule has 2 aromatic carbocycles. The van der Waals surface area contributed by atoms with E-state index in [1.54, 1.807) is 0 Å². The quantitative estimate of drug-likeness (QED) is 0.714. The number of para-hydroxylation sites is 1. The van der Waals surface area contributed by atoms with Gasteiger partial charge in [-0.05, 0) is 24.1 Å². The molecule has 3 aromatic rings. The largest absolute Gasteiger partial charge is 0.481 e. The molecule has 0 radical (unpaired) electrons. The number of rotatable bonds is 3. The number of anilines is 1. The molecule has 0 bridgehead atoms. The van der Waals surface area contributed by atoms with Gasteiger partial charge in [-0.3, -0.25) is 4.79 Å². The molecule has 3 rings (SSSR count). The average molecular weight is 266 g/mol. The molecule has 0 aliphatic rings. The minimum atomic E-state index is -0.811. The Morgan fingerprint density at radius 1 is 1.10 bits per heavy atom. The highest BCUT2D eigenvalue weighted by Gasteiger charge is 2.10. The molecular formula is C16H14N2O2. The third-order valence-electron chi connectivity index (χ3n) is 3.44. The summed E-state index contributed by atoms with van der Waals surface area (Å²) >= 11 is 0. The van der Waals surface area contributed by atoms with Gasteiger partial charge < -0.3 is 10.8 Å². The first-order valence-corrected chi connectivity index (χ1v) is 6.44. The van der Waals surface area contributed by atoms with Gasteiger partial charge in [-0.1, -0.05) is 30.3 Å². The lowest BCUT2D eigenvalue weighted by atomic mass is 10.00. The summed E-state index contributed by atoms with van der Waals surface area (Å²) in [5, 5.41) is 10.6. The number of nitrogen functional groups attached to an aromatic ring is 1. The lowest BCUT2D eigenvalue weighted by Crippen LogP contribution is -2.00. The van der Waals surface area contributed by atoms with E-state index in [2.05, 4.69) is 4.98 Å². The number of carbonyl (C=O) groups is 1. The summed E-state index contributed by atoms with van der Waals surface area (Å²) in [6.45, 7) is 0. The maximum Gasteiger partial charge on any atom is 0.303 e. The second-order valence-corrected chi connectivity index (χ2v) is 4.75. The summed E-state index contributed by atoms with van der Waals surface area (Å²) in [4.78, 5) is 15.4. The lowest BCUT2D eigenvalue weighted by molar-refractivity contribution is -0.136. The number of aromatic nitrogens is 1. The number of carboxylic acids is 1. The monoisotopic (exact) mass is 266 g/mol. The van der Waals surface area contributed by atoms with Crippen LogP contribution in [0.1, 0.15) is 12.0 Å². The Balaban J connectivity index is 2.27. The van der Waals surface area contributed by atoms with Crippen molar-refractivity contribution < 1.29 is 9.90 Å². The number of fused-ring (bicyclic) bond motifs is 2. The van der Waals surface area contributed by atoms with Crippen LogP contribution in [0.4, 0.5) is 5.69 Å². The van der Waals surface area contributed by atoms with Crippen LogP contribution in [0.15, 0.2) is 42.5 Å². The highest BCUT2D eigenvalue weighted by molar-refractivity contribution is 6.07. The molecule has 4 heteroatoms. The number of hydrogen-bond acceptors (Lipinski definition) is 3. The summed E-state index contributed by atoms with van der Waals surface area (Å²) in [6.07, 6.45) is 0.544. The lowest BCUT2D eigenvalue weighted by Gasteiger charge is -2.10. The van der Waals surface area contributed by atoms with E-state index >= 15 is 0 Å². The van der Waals surface area contributed by atoms with Crippen LogP contribution in [0.2, 0.25) is 0 Å². The van der Waals surface area contributed by atoms with Gasteiger partial charge in [0.1, 0.15) is 0 Å². The summed E-state index contributed by atoms with van der Waals surface area (Å²) in [6, 6.07) is 13.4. The Labute approximate surface area is 115 Å². The summed E-state index contributed by atoms with van der Waals surface area (Å²) in [7, 11) is 0. The third kappa shape index (κ3) is 2.05. The van der Waals surface area contributed by atoms with Crippen LogP contribution in [0.25, 0.3) is 21.8 Å². The number of aryl methyl sites for hydroxylation is 1. The Hall–Kier alpha value is -2.62. The van der Waals surface area contributed by atoms with E-state index in [-0.39, 0.29) is 6.42 Å². The van der Waals surface area contributed by atoms with Crippen molar-refractivity contribution in [1.29, 1.82) is 0 Å². The fourth-order valence-electron chi connectivity index (χ4n) is 2.50. The molecule has 0 aliphatic heterocycles. The van der Waals surface area contributed by atoms with Crippen LogP contribution in [-0.2, 0) is 11.2 Å². The van der Waals surface area contributed by atoms with Crippen LogP contribution >= 0.6 is 0 Å². The predicted octanol–water partition coefficient (Wildman–Crippen LogP) is 2.99. The molecule has 0 unspecified atom stereocenters. The Kier molecular flexibility index (Phi) is 2.99. The Morgan fingerprint density at radius 2 is 1.85 bits per heavy atom. The molecule has 0 saturated carbocycles. The molecule has 4 nitrogen and oxygen atoms in total. The Morgan fingerprint density at radius 3 is 2.65 bits per heavy atom. The standard InChI is InChI=1S/C16H14N2O2/c17-16-11-5-1-2-6-12(11)18-13-7-3-4-10(15(13)16)8-9-14(19)20/h1-7H,8-9H2,(H2,17,18)(H,19,20). The number of benzene rings is 2. The number of pyridine rings is 1. The maximum absolute atomic E-state index is 10.8. The van der Waals surface area contributed by atoms with Gasteiger partial charge in [-0.2, -0.15) is 0 Å². The summed E-state index contributed by atoms with van der Waals surface area (Å²) < 4.78 is 0. The molecule has 0 spiro atoms. The number of aliphatic carboxylic acids is 1. The first kappa shape index (κ1) is 12.4. The summed E-state index contributed by atoms with van der Waals surface area (Å²) in [5.74, 6) is -0.811. The van der Waals surface area contributed by atoms with Crippen molar-refractivity contribution in [2.24, 2.45) is 0 Å². The van der Waals surface area contributed by atoms with E-state index in [0.29, 0.717) is 12.1 Å². The highest BCUT2D eigenvalue weighted by atomic mass is 16.4. The minimum absolute atomic E-state index is 0.0887. The van der Waals surface area contributed by atoms with Gasteiger partial charge in [0.15, 0.2) is 0 Å². The zero-order chi connectivity index (χ0) is 14.1. The van der Waals surface area contributed by atoms with Gasteiger partial charge in [-0.25, -0.2) is 4.98 Å². The predicted molar refractivity (Wildman–Crippen MR) is 79.6 cm³/mol. The van der Waals surface area contributed by atoms with Crippen molar-refractivity contribution in [3.8, 4) is 0 Å². The minimum Gasteiger partial charge on any atom is -0.481 e. The van der Waals surface area contributed by atoms with Crippen LogP contribution in [-0.4, -0.2) is 16.1 Å². The zero-order valence-corrected chi connectivity index (χ0v) is 10.8. The maximum atomic E-state index is 10.8. The molecule has 1 heterocycles. The van der Waals surface area contributed by atoms with Gasteiger partial charge >= 0.3 is 5.97 Å². The molecule has 0 fully saturated rings.